The highest BCUT2D eigenvalue weighted by Crippen LogP contribution is 2.38. The summed E-state index contributed by atoms with van der Waals surface area (Å²) in [7, 11) is 0. The molecule has 3 heterocycles. The van der Waals surface area contributed by atoms with Crippen LogP contribution in [0.1, 0.15) is 46.2 Å². The quantitative estimate of drug-likeness (QED) is 0.558. The summed E-state index contributed by atoms with van der Waals surface area (Å²) in [5, 5.41) is 0. The molecule has 28 heavy (non-hydrogen) atoms. The zero-order valence-electron chi connectivity index (χ0n) is 17.5. The molecule has 0 atom stereocenters. The Morgan fingerprint density at radius 3 is 2.54 bits per heavy atom. The molecule has 3 rings (SSSR count). The normalized spacial score (nSPS) is 20.7. The van der Waals surface area contributed by atoms with E-state index in [0.29, 0.717) is 25.3 Å². The fourth-order valence-electron chi connectivity index (χ4n) is 4.20. The van der Waals surface area contributed by atoms with Crippen molar-refractivity contribution < 1.29 is 9.59 Å². The molecule has 0 aromatic carbocycles. The number of imide groups is 1. The van der Waals surface area contributed by atoms with Gasteiger partial charge in [-0.1, -0.05) is 31.6 Å². The van der Waals surface area contributed by atoms with Crippen molar-refractivity contribution in [2.45, 2.75) is 52.6 Å². The summed E-state index contributed by atoms with van der Waals surface area (Å²) in [6, 6.07) is 5.42. The number of carbonyl (C=O) groups is 2. The van der Waals surface area contributed by atoms with Gasteiger partial charge < -0.3 is 4.90 Å². The number of pyridine rings is 1. The van der Waals surface area contributed by atoms with Gasteiger partial charge in [0.2, 0.25) is 0 Å². The summed E-state index contributed by atoms with van der Waals surface area (Å²) in [4.78, 5) is 36.6. The van der Waals surface area contributed by atoms with Gasteiger partial charge in [0.25, 0.3) is 5.91 Å². The number of hydrogen-bond donors (Lipinski definition) is 0. The van der Waals surface area contributed by atoms with E-state index in [2.05, 4.69) is 43.7 Å². The van der Waals surface area contributed by atoms with Crippen LogP contribution in [0.3, 0.4) is 0 Å². The van der Waals surface area contributed by atoms with Crippen molar-refractivity contribution in [1.29, 1.82) is 0 Å². The van der Waals surface area contributed by atoms with Crippen LogP contribution in [0.2, 0.25) is 0 Å². The molecule has 0 saturated carbocycles. The first-order valence-electron chi connectivity index (χ1n) is 10.2. The fraction of sp³-hybridized carbons (Fsp3) is 0.591. The van der Waals surface area contributed by atoms with E-state index in [0.717, 1.165) is 25.3 Å². The second-order valence-corrected chi connectivity index (χ2v) is 8.44. The van der Waals surface area contributed by atoms with E-state index >= 15 is 0 Å². The van der Waals surface area contributed by atoms with Gasteiger partial charge in [0.15, 0.2) is 0 Å². The van der Waals surface area contributed by atoms with Crippen LogP contribution >= 0.6 is 0 Å². The number of aromatic nitrogens is 1. The summed E-state index contributed by atoms with van der Waals surface area (Å²) >= 11 is 0. The highest BCUT2D eigenvalue weighted by molar-refractivity contribution is 6.07. The third-order valence-electron chi connectivity index (χ3n) is 5.86. The number of piperidine rings is 1. The molecular weight excluding hydrogens is 352 g/mol. The van der Waals surface area contributed by atoms with Gasteiger partial charge in [-0.25, -0.2) is 4.79 Å². The van der Waals surface area contributed by atoms with Crippen molar-refractivity contribution in [3.05, 3.63) is 41.7 Å². The molecule has 6 heteroatoms. The number of carbonyl (C=O) groups excluding carboxylic acids is 2. The van der Waals surface area contributed by atoms with Crippen LogP contribution in [0, 0.1) is 5.92 Å². The monoisotopic (exact) mass is 384 g/mol. The Hall–Kier alpha value is -2.21. The topological polar surface area (TPSA) is 56.8 Å². The van der Waals surface area contributed by atoms with Crippen LogP contribution in [-0.2, 0) is 11.3 Å². The van der Waals surface area contributed by atoms with Crippen molar-refractivity contribution in [3.8, 4) is 0 Å². The fourth-order valence-corrected chi connectivity index (χ4v) is 4.20. The Labute approximate surface area is 168 Å². The highest BCUT2D eigenvalue weighted by Gasteiger charge is 2.57. The van der Waals surface area contributed by atoms with Gasteiger partial charge >= 0.3 is 6.03 Å². The Bertz CT molecular complexity index is 736. The summed E-state index contributed by atoms with van der Waals surface area (Å²) < 4.78 is 0. The Morgan fingerprint density at radius 1 is 1.25 bits per heavy atom. The maximum atomic E-state index is 13.5. The zero-order valence-corrected chi connectivity index (χ0v) is 17.5. The maximum absolute atomic E-state index is 13.5. The smallest absolute Gasteiger partial charge is 0.309 e. The maximum Gasteiger partial charge on any atom is 0.328 e. The zero-order chi connectivity index (χ0) is 20.3. The van der Waals surface area contributed by atoms with E-state index in [1.54, 1.807) is 6.20 Å². The van der Waals surface area contributed by atoms with E-state index in [1.807, 2.05) is 23.1 Å². The predicted octanol–water partition coefficient (Wildman–Crippen LogP) is 3.30. The molecule has 2 saturated heterocycles. The first kappa shape index (κ1) is 20.5. The van der Waals surface area contributed by atoms with Gasteiger partial charge in [0.05, 0.1) is 12.2 Å². The van der Waals surface area contributed by atoms with Gasteiger partial charge in [-0.05, 0) is 44.7 Å². The summed E-state index contributed by atoms with van der Waals surface area (Å²) in [5.41, 5.74) is 1.38. The molecular formula is C22H32N4O2. The molecule has 6 nitrogen and oxygen atoms in total. The van der Waals surface area contributed by atoms with Crippen LogP contribution in [-0.4, -0.2) is 63.3 Å². The molecule has 3 amide bonds. The molecule has 0 bridgehead atoms. The number of rotatable bonds is 6. The number of allylic oxidation sites excluding steroid dienone is 1. The number of nitrogens with zero attached hydrogens (tertiary/aromatic N) is 4. The SMILES string of the molecule is C/C=C(\C)CN1CCC2(CC1)C(=O)N(Cc1ccccn1)C(=O)N2CC(C)C. The van der Waals surface area contributed by atoms with Crippen LogP contribution in [0.5, 0.6) is 0 Å². The number of hydrogen-bond acceptors (Lipinski definition) is 4. The standard InChI is InChI=1S/C22H32N4O2/c1-5-18(4)15-24-12-9-22(10-13-24)20(27)25(16-19-8-6-7-11-23-19)21(28)26(22)14-17(2)3/h5-8,11,17H,9-10,12-16H2,1-4H3/b18-5+. The van der Waals surface area contributed by atoms with Crippen LogP contribution in [0.15, 0.2) is 36.0 Å². The lowest BCUT2D eigenvalue weighted by atomic mass is 9.85. The number of amides is 3. The van der Waals surface area contributed by atoms with Crippen molar-refractivity contribution in [2.75, 3.05) is 26.2 Å². The lowest BCUT2D eigenvalue weighted by Crippen LogP contribution is -2.57. The molecule has 152 valence electrons. The Morgan fingerprint density at radius 2 is 1.96 bits per heavy atom. The molecule has 2 aliphatic rings. The summed E-state index contributed by atoms with van der Waals surface area (Å²) in [6.07, 6.45) is 5.22. The second kappa shape index (κ2) is 8.43. The molecule has 0 aliphatic carbocycles. The lowest BCUT2D eigenvalue weighted by Gasteiger charge is -2.42. The van der Waals surface area contributed by atoms with Crippen molar-refractivity contribution in [2.24, 2.45) is 5.92 Å². The first-order valence-corrected chi connectivity index (χ1v) is 10.2. The van der Waals surface area contributed by atoms with Gasteiger partial charge in [-0.2, -0.15) is 0 Å². The Kier molecular flexibility index (Phi) is 6.18. The van der Waals surface area contributed by atoms with Gasteiger partial charge in [-0.15, -0.1) is 0 Å². The molecule has 1 aromatic heterocycles. The largest absolute Gasteiger partial charge is 0.328 e. The van der Waals surface area contributed by atoms with Gasteiger partial charge in [0.1, 0.15) is 5.54 Å². The van der Waals surface area contributed by atoms with E-state index < -0.39 is 5.54 Å². The third kappa shape index (κ3) is 3.97. The van der Waals surface area contributed by atoms with E-state index in [9.17, 15) is 9.59 Å². The van der Waals surface area contributed by atoms with Crippen LogP contribution in [0.4, 0.5) is 4.79 Å². The minimum Gasteiger partial charge on any atom is -0.309 e. The number of likely N-dealkylation sites (tertiary alicyclic amines) is 1. The molecule has 0 unspecified atom stereocenters. The van der Waals surface area contributed by atoms with Crippen molar-refractivity contribution in [1.82, 2.24) is 19.7 Å². The second-order valence-electron chi connectivity index (χ2n) is 8.44. The molecule has 2 aliphatic heterocycles. The van der Waals surface area contributed by atoms with E-state index in [1.165, 1.54) is 10.5 Å². The average molecular weight is 385 g/mol. The van der Waals surface area contributed by atoms with Crippen molar-refractivity contribution in [3.63, 3.8) is 0 Å². The summed E-state index contributed by atoms with van der Waals surface area (Å²) in [6.45, 7) is 11.8. The Balaban J connectivity index is 1.82. The first-order chi connectivity index (χ1) is 13.4. The number of urea groups is 1. The predicted molar refractivity (Wildman–Crippen MR) is 110 cm³/mol. The van der Waals surface area contributed by atoms with E-state index in [-0.39, 0.29) is 18.5 Å². The lowest BCUT2D eigenvalue weighted by molar-refractivity contribution is -0.136. The third-order valence-corrected chi connectivity index (χ3v) is 5.86. The van der Waals surface area contributed by atoms with Crippen molar-refractivity contribution >= 4 is 11.9 Å². The van der Waals surface area contributed by atoms with Gasteiger partial charge in [-0.3, -0.25) is 19.6 Å². The highest BCUT2D eigenvalue weighted by atomic mass is 16.2. The van der Waals surface area contributed by atoms with Gasteiger partial charge in [0, 0.05) is 32.4 Å². The molecule has 1 spiro atoms. The van der Waals surface area contributed by atoms with Crippen LogP contribution in [0.25, 0.3) is 0 Å². The minimum atomic E-state index is -0.698. The average Bonchev–Trinajstić information content (AvgIpc) is 2.86. The molecule has 2 fully saturated rings. The van der Waals surface area contributed by atoms with E-state index in [4.69, 9.17) is 0 Å². The molecule has 0 radical (unpaired) electrons. The minimum absolute atomic E-state index is 0.0498. The van der Waals surface area contributed by atoms with Crippen LogP contribution < -0.4 is 0 Å². The molecule has 1 aromatic rings. The summed E-state index contributed by atoms with van der Waals surface area (Å²) in [5.74, 6) is 0.262. The molecule has 0 N–H and O–H groups in total.